The van der Waals surface area contributed by atoms with Crippen LogP contribution >= 0.6 is 0 Å². The molecule has 0 aliphatic rings. The number of ether oxygens (including phenoxy) is 1. The molecule has 4 rings (SSSR count). The van der Waals surface area contributed by atoms with Crippen LogP contribution in [0.15, 0.2) is 91.0 Å². The van der Waals surface area contributed by atoms with Gasteiger partial charge < -0.3 is 4.74 Å². The summed E-state index contributed by atoms with van der Waals surface area (Å²) in [6.45, 7) is 6.35. The minimum Gasteiger partial charge on any atom is -0.462 e. The van der Waals surface area contributed by atoms with Crippen LogP contribution in [0.1, 0.15) is 28.4 Å². The summed E-state index contributed by atoms with van der Waals surface area (Å²) in [6, 6.07) is 30.8. The number of carbonyl (C=O) groups excluding carboxylic acids is 1. The molecule has 0 aromatic heterocycles. The van der Waals surface area contributed by atoms with E-state index in [1.807, 2.05) is 49.4 Å². The van der Waals surface area contributed by atoms with E-state index in [9.17, 15) is 4.79 Å². The van der Waals surface area contributed by atoms with E-state index in [2.05, 4.69) is 62.4 Å². The second kappa shape index (κ2) is 9.01. The average Bonchev–Trinajstić information content (AvgIpc) is 2.80. The molecule has 0 bridgehead atoms. The molecular weight excluding hydrogens is 380 g/mol. The van der Waals surface area contributed by atoms with Gasteiger partial charge in [0.1, 0.15) is 0 Å². The molecule has 0 fully saturated rings. The third kappa shape index (κ3) is 4.02. The first-order chi connectivity index (χ1) is 15.1. The maximum Gasteiger partial charge on any atom is 0.339 e. The summed E-state index contributed by atoms with van der Waals surface area (Å²) in [5.74, 6) is -0.296. The van der Waals surface area contributed by atoms with E-state index in [1.54, 1.807) is 0 Å². The minimum atomic E-state index is -0.296. The molecule has 0 saturated heterocycles. The number of benzene rings is 4. The van der Waals surface area contributed by atoms with Crippen molar-refractivity contribution in [3.63, 3.8) is 0 Å². The van der Waals surface area contributed by atoms with Crippen LogP contribution in [0.2, 0.25) is 0 Å². The Morgan fingerprint density at radius 2 is 1.16 bits per heavy atom. The van der Waals surface area contributed by atoms with Gasteiger partial charge in [0.2, 0.25) is 0 Å². The number of esters is 1. The molecule has 31 heavy (non-hydrogen) atoms. The van der Waals surface area contributed by atoms with E-state index >= 15 is 0 Å². The van der Waals surface area contributed by atoms with Crippen molar-refractivity contribution < 1.29 is 9.53 Å². The van der Waals surface area contributed by atoms with Crippen molar-refractivity contribution in [1.82, 2.24) is 0 Å². The standard InChI is InChI=1S/C29H26O2/c1-4-31-29(30)28-26(24-17-11-9-13-21(24)3)19-18-25(23-16-10-8-12-20(23)2)27(28)22-14-6-5-7-15-22/h5-19H,4H2,1-3H3. The van der Waals surface area contributed by atoms with Crippen LogP contribution < -0.4 is 0 Å². The number of hydrogen-bond donors (Lipinski definition) is 0. The summed E-state index contributed by atoms with van der Waals surface area (Å²) in [6.07, 6.45) is 0. The molecule has 2 heteroatoms. The summed E-state index contributed by atoms with van der Waals surface area (Å²) < 4.78 is 5.57. The predicted molar refractivity (Wildman–Crippen MR) is 128 cm³/mol. The second-order valence-corrected chi connectivity index (χ2v) is 7.63. The van der Waals surface area contributed by atoms with Crippen molar-refractivity contribution in [1.29, 1.82) is 0 Å². The Hall–Kier alpha value is -3.65. The fourth-order valence-corrected chi connectivity index (χ4v) is 4.12. The first kappa shape index (κ1) is 20.6. The Morgan fingerprint density at radius 1 is 0.645 bits per heavy atom. The van der Waals surface area contributed by atoms with Crippen LogP contribution in [0.4, 0.5) is 0 Å². The number of carbonyl (C=O) groups is 1. The number of hydrogen-bond acceptors (Lipinski definition) is 2. The molecule has 0 saturated carbocycles. The first-order valence-electron chi connectivity index (χ1n) is 10.6. The van der Waals surface area contributed by atoms with Gasteiger partial charge in [-0.1, -0.05) is 91.0 Å². The summed E-state index contributed by atoms with van der Waals surface area (Å²) >= 11 is 0. The molecule has 0 spiro atoms. The van der Waals surface area contributed by atoms with Crippen molar-refractivity contribution in [3.8, 4) is 33.4 Å². The Bertz CT molecular complexity index is 1220. The zero-order valence-corrected chi connectivity index (χ0v) is 18.2. The third-order valence-electron chi connectivity index (χ3n) is 5.62. The normalized spacial score (nSPS) is 10.7. The highest BCUT2D eigenvalue weighted by Crippen LogP contribution is 2.42. The maximum absolute atomic E-state index is 13.4. The molecule has 0 N–H and O–H groups in total. The van der Waals surface area contributed by atoms with Crippen molar-refractivity contribution in [2.75, 3.05) is 6.61 Å². The van der Waals surface area contributed by atoms with E-state index in [1.165, 1.54) is 0 Å². The Morgan fingerprint density at radius 3 is 1.74 bits per heavy atom. The quantitative estimate of drug-likeness (QED) is 0.321. The monoisotopic (exact) mass is 406 g/mol. The Balaban J connectivity index is 2.12. The lowest BCUT2D eigenvalue weighted by Crippen LogP contribution is -2.10. The molecule has 0 atom stereocenters. The predicted octanol–water partition coefficient (Wildman–Crippen LogP) is 7.48. The van der Waals surface area contributed by atoms with Crippen molar-refractivity contribution in [2.45, 2.75) is 20.8 Å². The molecule has 0 amide bonds. The zero-order chi connectivity index (χ0) is 21.8. The summed E-state index contributed by atoms with van der Waals surface area (Å²) in [5, 5.41) is 0. The highest BCUT2D eigenvalue weighted by molar-refractivity contribution is 6.08. The molecule has 0 unspecified atom stereocenters. The SMILES string of the molecule is CCOC(=O)c1c(-c2ccccc2C)ccc(-c2ccccc2C)c1-c1ccccc1. The lowest BCUT2D eigenvalue weighted by molar-refractivity contribution is 0.0528. The molecule has 0 aliphatic carbocycles. The van der Waals surface area contributed by atoms with Gasteiger partial charge in [-0.3, -0.25) is 0 Å². The van der Waals surface area contributed by atoms with E-state index in [-0.39, 0.29) is 5.97 Å². The van der Waals surface area contributed by atoms with Crippen LogP contribution in [-0.4, -0.2) is 12.6 Å². The van der Waals surface area contributed by atoms with Crippen molar-refractivity contribution in [2.24, 2.45) is 0 Å². The van der Waals surface area contributed by atoms with Crippen molar-refractivity contribution in [3.05, 3.63) is 108 Å². The Labute approximate surface area is 184 Å². The van der Waals surface area contributed by atoms with Gasteiger partial charge in [-0.25, -0.2) is 4.79 Å². The molecule has 0 radical (unpaired) electrons. The van der Waals surface area contributed by atoms with Gasteiger partial charge >= 0.3 is 5.97 Å². The second-order valence-electron chi connectivity index (χ2n) is 7.63. The summed E-state index contributed by atoms with van der Waals surface area (Å²) in [5.41, 5.74) is 8.89. The fraction of sp³-hybridized carbons (Fsp3) is 0.138. The van der Waals surface area contributed by atoms with Crippen LogP contribution in [0, 0.1) is 13.8 Å². The molecule has 4 aromatic rings. The molecule has 2 nitrogen and oxygen atoms in total. The van der Waals surface area contributed by atoms with Gasteiger partial charge in [-0.05, 0) is 59.7 Å². The van der Waals surface area contributed by atoms with E-state index in [0.29, 0.717) is 12.2 Å². The van der Waals surface area contributed by atoms with E-state index in [0.717, 1.165) is 44.5 Å². The van der Waals surface area contributed by atoms with Crippen LogP contribution in [-0.2, 0) is 4.74 Å². The maximum atomic E-state index is 13.4. The average molecular weight is 407 g/mol. The van der Waals surface area contributed by atoms with Gasteiger partial charge in [0.05, 0.1) is 12.2 Å². The lowest BCUT2D eigenvalue weighted by atomic mass is 9.84. The minimum absolute atomic E-state index is 0.296. The lowest BCUT2D eigenvalue weighted by Gasteiger charge is -2.20. The van der Waals surface area contributed by atoms with Gasteiger partial charge in [0.25, 0.3) is 0 Å². The summed E-state index contributed by atoms with van der Waals surface area (Å²) in [7, 11) is 0. The van der Waals surface area contributed by atoms with Gasteiger partial charge in [-0.2, -0.15) is 0 Å². The molecule has 0 aliphatic heterocycles. The first-order valence-corrected chi connectivity index (χ1v) is 10.6. The van der Waals surface area contributed by atoms with Crippen LogP contribution in [0.25, 0.3) is 33.4 Å². The summed E-state index contributed by atoms with van der Waals surface area (Å²) in [4.78, 5) is 13.4. The van der Waals surface area contributed by atoms with Gasteiger partial charge in [-0.15, -0.1) is 0 Å². The van der Waals surface area contributed by atoms with E-state index in [4.69, 9.17) is 4.74 Å². The smallest absolute Gasteiger partial charge is 0.339 e. The molecule has 0 heterocycles. The third-order valence-corrected chi connectivity index (χ3v) is 5.62. The number of aryl methyl sites for hydroxylation is 2. The van der Waals surface area contributed by atoms with Gasteiger partial charge in [0.15, 0.2) is 0 Å². The topological polar surface area (TPSA) is 26.3 Å². The molecule has 154 valence electrons. The molecular formula is C29H26O2. The van der Waals surface area contributed by atoms with E-state index < -0.39 is 0 Å². The number of rotatable bonds is 5. The van der Waals surface area contributed by atoms with Crippen molar-refractivity contribution >= 4 is 5.97 Å². The van der Waals surface area contributed by atoms with Crippen LogP contribution in [0.5, 0.6) is 0 Å². The highest BCUT2D eigenvalue weighted by atomic mass is 16.5. The highest BCUT2D eigenvalue weighted by Gasteiger charge is 2.24. The molecule has 4 aromatic carbocycles. The van der Waals surface area contributed by atoms with Gasteiger partial charge in [0, 0.05) is 5.56 Å². The van der Waals surface area contributed by atoms with Crippen LogP contribution in [0.3, 0.4) is 0 Å². The Kier molecular flexibility index (Phi) is 5.99. The largest absolute Gasteiger partial charge is 0.462 e. The fourth-order valence-electron chi connectivity index (χ4n) is 4.12. The zero-order valence-electron chi connectivity index (χ0n) is 18.2.